The Morgan fingerprint density at radius 1 is 0.786 bits per heavy atom. The second-order valence-electron chi connectivity index (χ2n) is 8.10. The molecule has 1 nitrogen and oxygen atoms in total. The third kappa shape index (κ3) is 6.00. The molecule has 1 heteroatoms. The van der Waals surface area contributed by atoms with E-state index >= 15 is 0 Å². The molecular weight excluding hydrogens is 338 g/mol. The highest BCUT2D eigenvalue weighted by Gasteiger charge is 2.19. The van der Waals surface area contributed by atoms with Gasteiger partial charge < -0.3 is 0 Å². The summed E-state index contributed by atoms with van der Waals surface area (Å²) in [4.78, 5) is 0. The summed E-state index contributed by atoms with van der Waals surface area (Å²) in [6.45, 7) is 2.28. The summed E-state index contributed by atoms with van der Waals surface area (Å²) in [5, 5.41) is 8.91. The first-order chi connectivity index (χ1) is 13.8. The summed E-state index contributed by atoms with van der Waals surface area (Å²) >= 11 is 0. The predicted octanol–water partition coefficient (Wildman–Crippen LogP) is 7.35. The van der Waals surface area contributed by atoms with Crippen LogP contribution in [0, 0.1) is 35.0 Å². The fraction of sp³-hybridized carbons (Fsp3) is 0.444. The SMILES string of the molecule is CCCCCCC1CCC(C#Cc2ccc(-c3ccc(C#N)cc3)cc2)CC1. The third-order valence-electron chi connectivity index (χ3n) is 5.97. The number of nitriles is 1. The summed E-state index contributed by atoms with van der Waals surface area (Å²) in [5.41, 5.74) is 4.09. The van der Waals surface area contributed by atoms with Crippen LogP contribution in [0.1, 0.15) is 75.8 Å². The Kier molecular flexibility index (Phi) is 7.75. The van der Waals surface area contributed by atoms with E-state index in [0.717, 1.165) is 17.0 Å². The molecule has 1 aliphatic carbocycles. The predicted molar refractivity (Wildman–Crippen MR) is 118 cm³/mol. The van der Waals surface area contributed by atoms with E-state index in [-0.39, 0.29) is 0 Å². The molecule has 0 bridgehead atoms. The van der Waals surface area contributed by atoms with Crippen LogP contribution in [0.4, 0.5) is 0 Å². The Morgan fingerprint density at radius 3 is 1.96 bits per heavy atom. The smallest absolute Gasteiger partial charge is 0.0991 e. The van der Waals surface area contributed by atoms with Crippen LogP contribution in [0.2, 0.25) is 0 Å². The molecule has 0 aliphatic heterocycles. The van der Waals surface area contributed by atoms with Crippen molar-refractivity contribution in [1.29, 1.82) is 5.26 Å². The average Bonchev–Trinajstić information content (AvgIpc) is 2.76. The van der Waals surface area contributed by atoms with Crippen molar-refractivity contribution in [2.45, 2.75) is 64.7 Å². The van der Waals surface area contributed by atoms with Crippen molar-refractivity contribution in [3.8, 4) is 29.0 Å². The molecule has 1 saturated carbocycles. The zero-order valence-corrected chi connectivity index (χ0v) is 17.1. The monoisotopic (exact) mass is 369 g/mol. The first kappa shape index (κ1) is 20.2. The van der Waals surface area contributed by atoms with Crippen molar-refractivity contribution in [1.82, 2.24) is 0 Å². The first-order valence-electron chi connectivity index (χ1n) is 10.9. The molecular formula is C27H31N. The van der Waals surface area contributed by atoms with Gasteiger partial charge in [-0.05, 0) is 67.0 Å². The van der Waals surface area contributed by atoms with Crippen molar-refractivity contribution < 1.29 is 0 Å². The highest BCUT2D eigenvalue weighted by molar-refractivity contribution is 5.65. The summed E-state index contributed by atoms with van der Waals surface area (Å²) in [5.74, 6) is 8.44. The largest absolute Gasteiger partial charge is 0.192 e. The van der Waals surface area contributed by atoms with Crippen molar-refractivity contribution in [3.05, 3.63) is 59.7 Å². The molecule has 144 valence electrons. The Labute approximate surface area is 170 Å². The Balaban J connectivity index is 1.49. The molecule has 0 heterocycles. The van der Waals surface area contributed by atoms with Crippen LogP contribution < -0.4 is 0 Å². The Hall–Kier alpha value is -2.51. The van der Waals surface area contributed by atoms with E-state index in [1.807, 2.05) is 24.3 Å². The fourth-order valence-corrected chi connectivity index (χ4v) is 4.12. The van der Waals surface area contributed by atoms with Gasteiger partial charge in [0.25, 0.3) is 0 Å². The van der Waals surface area contributed by atoms with Crippen molar-refractivity contribution in [3.63, 3.8) is 0 Å². The van der Waals surface area contributed by atoms with Gasteiger partial charge in [-0.1, -0.05) is 75.1 Å². The lowest BCUT2D eigenvalue weighted by molar-refractivity contribution is 0.294. The van der Waals surface area contributed by atoms with E-state index in [1.54, 1.807) is 0 Å². The first-order valence-corrected chi connectivity index (χ1v) is 10.9. The molecule has 0 N–H and O–H groups in total. The molecule has 3 rings (SSSR count). The Bertz CT molecular complexity index is 819. The van der Waals surface area contributed by atoms with E-state index in [2.05, 4.69) is 49.1 Å². The fourth-order valence-electron chi connectivity index (χ4n) is 4.12. The molecule has 0 atom stereocenters. The molecule has 0 spiro atoms. The molecule has 0 saturated heterocycles. The maximum Gasteiger partial charge on any atom is 0.0991 e. The number of hydrogen-bond donors (Lipinski definition) is 0. The third-order valence-corrected chi connectivity index (χ3v) is 5.97. The van der Waals surface area contributed by atoms with Gasteiger partial charge >= 0.3 is 0 Å². The number of nitrogens with zero attached hydrogens (tertiary/aromatic N) is 1. The van der Waals surface area contributed by atoms with E-state index in [4.69, 9.17) is 5.26 Å². The average molecular weight is 370 g/mol. The van der Waals surface area contributed by atoms with Crippen LogP contribution in [0.3, 0.4) is 0 Å². The number of benzene rings is 2. The molecule has 0 unspecified atom stereocenters. The lowest BCUT2D eigenvalue weighted by Gasteiger charge is -2.25. The van der Waals surface area contributed by atoms with Gasteiger partial charge in [0.05, 0.1) is 11.6 Å². The summed E-state index contributed by atoms with van der Waals surface area (Å²) in [6, 6.07) is 18.4. The van der Waals surface area contributed by atoms with E-state index in [9.17, 15) is 0 Å². The minimum atomic E-state index is 0.574. The van der Waals surface area contributed by atoms with Gasteiger partial charge in [0.1, 0.15) is 0 Å². The standard InChI is InChI=1S/C27H31N/c1-2-3-4-5-6-22-7-9-23(10-8-22)11-12-24-13-17-26(18-14-24)27-19-15-25(21-28)16-20-27/h13-20,22-23H,2-10H2,1H3. The highest BCUT2D eigenvalue weighted by atomic mass is 14.2. The number of hydrogen-bond acceptors (Lipinski definition) is 1. The topological polar surface area (TPSA) is 23.8 Å². The lowest BCUT2D eigenvalue weighted by Crippen LogP contribution is -2.13. The van der Waals surface area contributed by atoms with Crippen molar-refractivity contribution in [2.75, 3.05) is 0 Å². The van der Waals surface area contributed by atoms with Gasteiger partial charge in [-0.15, -0.1) is 0 Å². The van der Waals surface area contributed by atoms with Crippen molar-refractivity contribution in [2.24, 2.45) is 11.8 Å². The molecule has 2 aromatic rings. The van der Waals surface area contributed by atoms with Gasteiger partial charge in [0, 0.05) is 11.5 Å². The van der Waals surface area contributed by atoms with Gasteiger partial charge in [0.15, 0.2) is 0 Å². The normalized spacial score (nSPS) is 18.7. The van der Waals surface area contributed by atoms with Crippen LogP contribution in [-0.2, 0) is 0 Å². The minimum absolute atomic E-state index is 0.574. The van der Waals surface area contributed by atoms with Crippen LogP contribution in [-0.4, -0.2) is 0 Å². The van der Waals surface area contributed by atoms with E-state index in [1.165, 1.54) is 63.4 Å². The quantitative estimate of drug-likeness (QED) is 0.385. The zero-order valence-electron chi connectivity index (χ0n) is 17.1. The maximum atomic E-state index is 8.91. The van der Waals surface area contributed by atoms with Crippen LogP contribution in [0.15, 0.2) is 48.5 Å². The molecule has 1 fully saturated rings. The lowest BCUT2D eigenvalue weighted by atomic mass is 9.80. The van der Waals surface area contributed by atoms with Gasteiger partial charge in [0.2, 0.25) is 0 Å². The molecule has 0 amide bonds. The van der Waals surface area contributed by atoms with Crippen LogP contribution >= 0.6 is 0 Å². The van der Waals surface area contributed by atoms with Gasteiger partial charge in [-0.2, -0.15) is 5.26 Å². The zero-order chi connectivity index (χ0) is 19.6. The number of rotatable bonds is 6. The summed E-state index contributed by atoms with van der Waals surface area (Å²) < 4.78 is 0. The molecule has 2 aromatic carbocycles. The molecule has 0 aromatic heterocycles. The van der Waals surface area contributed by atoms with Gasteiger partial charge in [-0.3, -0.25) is 0 Å². The van der Waals surface area contributed by atoms with Gasteiger partial charge in [-0.25, -0.2) is 0 Å². The number of unbranched alkanes of at least 4 members (excludes halogenated alkanes) is 3. The second kappa shape index (κ2) is 10.7. The maximum absolute atomic E-state index is 8.91. The van der Waals surface area contributed by atoms with Crippen LogP contribution in [0.25, 0.3) is 11.1 Å². The molecule has 28 heavy (non-hydrogen) atoms. The highest BCUT2D eigenvalue weighted by Crippen LogP contribution is 2.31. The summed E-state index contributed by atoms with van der Waals surface area (Å²) in [7, 11) is 0. The summed E-state index contributed by atoms with van der Waals surface area (Å²) in [6.07, 6.45) is 12.3. The van der Waals surface area contributed by atoms with E-state index in [0.29, 0.717) is 11.5 Å². The molecule has 1 aliphatic rings. The van der Waals surface area contributed by atoms with E-state index < -0.39 is 0 Å². The molecule has 0 radical (unpaired) electrons. The van der Waals surface area contributed by atoms with Crippen LogP contribution in [0.5, 0.6) is 0 Å². The minimum Gasteiger partial charge on any atom is -0.192 e. The Morgan fingerprint density at radius 2 is 1.39 bits per heavy atom. The second-order valence-corrected chi connectivity index (χ2v) is 8.10. The van der Waals surface area contributed by atoms with Crippen molar-refractivity contribution >= 4 is 0 Å².